The molecule has 0 fully saturated rings. The van der Waals surface area contributed by atoms with Crippen LogP contribution in [0.25, 0.3) is 11.4 Å². The molecule has 0 radical (unpaired) electrons. The normalized spacial score (nSPS) is 15.9. The number of halogens is 1. The van der Waals surface area contributed by atoms with Crippen molar-refractivity contribution in [3.63, 3.8) is 0 Å². The summed E-state index contributed by atoms with van der Waals surface area (Å²) in [7, 11) is 2.13. The summed E-state index contributed by atoms with van der Waals surface area (Å²) in [5, 5.41) is 0. The molecule has 2 aromatic heterocycles. The minimum Gasteiger partial charge on any atom is -0.324 e. The van der Waals surface area contributed by atoms with Crippen molar-refractivity contribution < 1.29 is 0 Å². The average Bonchev–Trinajstić information content (AvgIpc) is 2.68. The fourth-order valence-corrected chi connectivity index (χ4v) is 2.68. The van der Waals surface area contributed by atoms with Crippen molar-refractivity contribution in [2.75, 3.05) is 13.6 Å². The number of hydrogen-bond donors (Lipinski definition) is 0. The van der Waals surface area contributed by atoms with Gasteiger partial charge < -0.3 is 4.57 Å². The quantitative estimate of drug-likeness (QED) is 0.808. The maximum absolute atomic E-state index is 4.61. The van der Waals surface area contributed by atoms with Crippen molar-refractivity contribution in [2.24, 2.45) is 0 Å². The highest BCUT2D eigenvalue weighted by atomic mass is 79.9. The zero-order chi connectivity index (χ0) is 11.8. The maximum Gasteiger partial charge on any atom is 0.143 e. The molecule has 2 aromatic rings. The van der Waals surface area contributed by atoms with Crippen molar-refractivity contribution in [1.29, 1.82) is 0 Å². The molecule has 3 heterocycles. The van der Waals surface area contributed by atoms with E-state index in [2.05, 4.69) is 42.4 Å². The number of likely N-dealkylation sites (N-methyl/N-ethyl adjacent to an activating group) is 1. The Morgan fingerprint density at radius 3 is 3.00 bits per heavy atom. The fourth-order valence-electron chi connectivity index (χ4n) is 2.17. The number of rotatable bonds is 1. The van der Waals surface area contributed by atoms with Crippen LogP contribution in [0.2, 0.25) is 0 Å². The molecule has 0 bridgehead atoms. The van der Waals surface area contributed by atoms with Crippen LogP contribution in [0.5, 0.6) is 0 Å². The predicted molar refractivity (Wildman–Crippen MR) is 69.5 cm³/mol. The largest absolute Gasteiger partial charge is 0.324 e. The lowest BCUT2D eigenvalue weighted by Crippen LogP contribution is -2.30. The van der Waals surface area contributed by atoms with Crippen LogP contribution in [-0.4, -0.2) is 33.0 Å². The predicted octanol–water partition coefficient (Wildman–Crippen LogP) is 2.15. The lowest BCUT2D eigenvalue weighted by molar-refractivity contribution is 0.270. The van der Waals surface area contributed by atoms with Gasteiger partial charge in [-0.05, 0) is 35.1 Å². The van der Waals surface area contributed by atoms with Gasteiger partial charge in [0.1, 0.15) is 10.4 Å². The summed E-state index contributed by atoms with van der Waals surface area (Å²) < 4.78 is 3.23. The first-order valence-corrected chi connectivity index (χ1v) is 6.39. The number of fused-ring (bicyclic) bond motifs is 1. The lowest BCUT2D eigenvalue weighted by Gasteiger charge is -2.25. The molecule has 0 aliphatic carbocycles. The topological polar surface area (TPSA) is 34.0 Å². The second kappa shape index (κ2) is 4.23. The van der Waals surface area contributed by atoms with E-state index in [1.165, 1.54) is 5.69 Å². The SMILES string of the molecule is CN1CCn2c(-c3cccnc3)nc(Br)c2C1. The van der Waals surface area contributed by atoms with Crippen LogP contribution in [-0.2, 0) is 13.1 Å². The molecule has 0 amide bonds. The van der Waals surface area contributed by atoms with Crippen LogP contribution in [0.4, 0.5) is 0 Å². The molecule has 1 aliphatic heterocycles. The van der Waals surface area contributed by atoms with Gasteiger partial charge in [0.05, 0.1) is 5.69 Å². The van der Waals surface area contributed by atoms with Gasteiger partial charge in [0.15, 0.2) is 0 Å². The van der Waals surface area contributed by atoms with Gasteiger partial charge in [0, 0.05) is 37.6 Å². The smallest absolute Gasteiger partial charge is 0.143 e. The highest BCUT2D eigenvalue weighted by Gasteiger charge is 2.21. The summed E-state index contributed by atoms with van der Waals surface area (Å²) in [6.45, 7) is 2.98. The highest BCUT2D eigenvalue weighted by molar-refractivity contribution is 9.10. The van der Waals surface area contributed by atoms with E-state index in [4.69, 9.17) is 0 Å². The maximum atomic E-state index is 4.61. The average molecular weight is 293 g/mol. The third kappa shape index (κ3) is 1.89. The Balaban J connectivity index is 2.11. The zero-order valence-corrected chi connectivity index (χ0v) is 11.2. The molecule has 0 N–H and O–H groups in total. The van der Waals surface area contributed by atoms with Crippen molar-refractivity contribution in [3.8, 4) is 11.4 Å². The van der Waals surface area contributed by atoms with Gasteiger partial charge >= 0.3 is 0 Å². The van der Waals surface area contributed by atoms with E-state index in [1.807, 2.05) is 18.3 Å². The molecule has 4 nitrogen and oxygen atoms in total. The Labute approximate surface area is 108 Å². The summed E-state index contributed by atoms with van der Waals surface area (Å²) in [4.78, 5) is 11.1. The van der Waals surface area contributed by atoms with Gasteiger partial charge in [-0.2, -0.15) is 0 Å². The van der Waals surface area contributed by atoms with Crippen molar-refractivity contribution >= 4 is 15.9 Å². The summed E-state index contributed by atoms with van der Waals surface area (Å²) in [6.07, 6.45) is 3.65. The standard InChI is InChI=1S/C12H13BrN4/c1-16-5-6-17-10(8-16)11(13)15-12(17)9-3-2-4-14-7-9/h2-4,7H,5-6,8H2,1H3. The van der Waals surface area contributed by atoms with Crippen LogP contribution < -0.4 is 0 Å². The fraction of sp³-hybridized carbons (Fsp3) is 0.333. The number of imidazole rings is 1. The van der Waals surface area contributed by atoms with Gasteiger partial charge in [-0.1, -0.05) is 0 Å². The molecule has 0 saturated carbocycles. The second-order valence-corrected chi connectivity index (χ2v) is 5.06. The van der Waals surface area contributed by atoms with E-state index in [-0.39, 0.29) is 0 Å². The molecular formula is C12H13BrN4. The van der Waals surface area contributed by atoms with Crippen molar-refractivity contribution in [2.45, 2.75) is 13.1 Å². The van der Waals surface area contributed by atoms with Crippen LogP contribution in [0, 0.1) is 0 Å². The van der Waals surface area contributed by atoms with Crippen LogP contribution in [0.15, 0.2) is 29.1 Å². The molecule has 0 atom stereocenters. The van der Waals surface area contributed by atoms with Gasteiger partial charge in [0.25, 0.3) is 0 Å². The Hall–Kier alpha value is -1.20. The number of hydrogen-bond acceptors (Lipinski definition) is 3. The van der Waals surface area contributed by atoms with Gasteiger partial charge in [-0.25, -0.2) is 4.98 Å². The molecule has 0 spiro atoms. The first-order valence-electron chi connectivity index (χ1n) is 5.59. The van der Waals surface area contributed by atoms with Crippen LogP contribution in [0.3, 0.4) is 0 Å². The lowest BCUT2D eigenvalue weighted by atomic mass is 10.2. The Morgan fingerprint density at radius 2 is 2.24 bits per heavy atom. The van der Waals surface area contributed by atoms with E-state index in [9.17, 15) is 0 Å². The third-order valence-corrected chi connectivity index (χ3v) is 3.70. The zero-order valence-electron chi connectivity index (χ0n) is 9.60. The summed E-state index contributed by atoms with van der Waals surface area (Å²) in [5.74, 6) is 1.01. The highest BCUT2D eigenvalue weighted by Crippen LogP contribution is 2.28. The van der Waals surface area contributed by atoms with Crippen LogP contribution in [0.1, 0.15) is 5.69 Å². The molecule has 0 saturated heterocycles. The third-order valence-electron chi connectivity index (χ3n) is 3.07. The second-order valence-electron chi connectivity index (χ2n) is 4.30. The van der Waals surface area contributed by atoms with Crippen molar-refractivity contribution in [1.82, 2.24) is 19.4 Å². The molecule has 1 aliphatic rings. The molecule has 3 rings (SSSR count). The van der Waals surface area contributed by atoms with Gasteiger partial charge in [0.2, 0.25) is 0 Å². The first kappa shape index (κ1) is 10.9. The minimum absolute atomic E-state index is 0.938. The van der Waals surface area contributed by atoms with E-state index in [1.54, 1.807) is 6.20 Å². The first-order chi connectivity index (χ1) is 8.25. The Morgan fingerprint density at radius 1 is 1.35 bits per heavy atom. The molecular weight excluding hydrogens is 280 g/mol. The molecule has 0 aromatic carbocycles. The minimum atomic E-state index is 0.938. The van der Waals surface area contributed by atoms with Gasteiger partial charge in [-0.15, -0.1) is 0 Å². The van der Waals surface area contributed by atoms with Crippen molar-refractivity contribution in [3.05, 3.63) is 34.8 Å². The number of aromatic nitrogens is 3. The van der Waals surface area contributed by atoms with E-state index >= 15 is 0 Å². The summed E-state index contributed by atoms with van der Waals surface area (Å²) in [5.41, 5.74) is 2.32. The molecule has 5 heteroatoms. The van der Waals surface area contributed by atoms with E-state index < -0.39 is 0 Å². The Kier molecular flexibility index (Phi) is 2.72. The van der Waals surface area contributed by atoms with Gasteiger partial charge in [-0.3, -0.25) is 9.88 Å². The number of pyridine rings is 1. The summed E-state index contributed by atoms with van der Waals surface area (Å²) >= 11 is 3.55. The molecule has 0 unspecified atom stereocenters. The molecule has 88 valence electrons. The monoisotopic (exact) mass is 292 g/mol. The summed E-state index contributed by atoms with van der Waals surface area (Å²) in [6, 6.07) is 3.99. The van der Waals surface area contributed by atoms with E-state index in [0.29, 0.717) is 0 Å². The van der Waals surface area contributed by atoms with E-state index in [0.717, 1.165) is 35.6 Å². The molecule has 17 heavy (non-hydrogen) atoms. The Bertz CT molecular complexity index is 535. The number of nitrogens with zero attached hydrogens (tertiary/aromatic N) is 4. The van der Waals surface area contributed by atoms with Crippen LogP contribution >= 0.6 is 15.9 Å².